The van der Waals surface area contributed by atoms with Gasteiger partial charge in [-0.1, -0.05) is 7.43 Å². The van der Waals surface area contributed by atoms with Gasteiger partial charge in [0.15, 0.2) is 0 Å². The maximum atomic E-state index is 10.6. The summed E-state index contributed by atoms with van der Waals surface area (Å²) in [6, 6.07) is 22.3. The van der Waals surface area contributed by atoms with Crippen LogP contribution in [0, 0.1) is 34.0 Å². The quantitative estimate of drug-likeness (QED) is 0.0450. The maximum absolute atomic E-state index is 10.6. The van der Waals surface area contributed by atoms with Crippen LogP contribution in [0.4, 0.5) is 28.8 Å². The van der Waals surface area contributed by atoms with Gasteiger partial charge in [-0.2, -0.15) is 39.5 Å². The molecule has 24 nitrogen and oxygen atoms in total. The van der Waals surface area contributed by atoms with Crippen LogP contribution in [0.3, 0.4) is 0 Å². The lowest BCUT2D eigenvalue weighted by Gasteiger charge is -2.36. The van der Waals surface area contributed by atoms with Crippen LogP contribution in [0.2, 0.25) is 0 Å². The van der Waals surface area contributed by atoms with E-state index >= 15 is 0 Å². The highest BCUT2D eigenvalue weighted by Gasteiger charge is 2.18. The van der Waals surface area contributed by atoms with Crippen LogP contribution in [0.25, 0.3) is 0 Å². The number of aliphatic hydroxyl groups excluding tert-OH is 1. The van der Waals surface area contributed by atoms with Crippen molar-refractivity contribution in [2.24, 2.45) is 0 Å². The summed E-state index contributed by atoms with van der Waals surface area (Å²) >= 11 is 4.24. The van der Waals surface area contributed by atoms with Crippen molar-refractivity contribution in [3.8, 4) is 29.7 Å². The van der Waals surface area contributed by atoms with E-state index in [1.807, 2.05) is 36.4 Å². The van der Waals surface area contributed by atoms with Crippen molar-refractivity contribution in [1.29, 1.82) is 15.8 Å². The molecule has 7 rings (SSSR count). The Balaban J connectivity index is 0.000000346. The number of anilines is 5. The lowest BCUT2D eigenvalue weighted by atomic mass is 10.2. The molecule has 0 aliphatic carbocycles. The molecule has 0 radical (unpaired) electrons. The number of halogens is 2. The third-order valence-electron chi connectivity index (χ3n) is 10.5. The highest BCUT2D eigenvalue weighted by Crippen LogP contribution is 2.22. The van der Waals surface area contributed by atoms with Gasteiger partial charge in [0, 0.05) is 122 Å². The number of benzene rings is 2. The fourth-order valence-corrected chi connectivity index (χ4v) is 7.11. The summed E-state index contributed by atoms with van der Waals surface area (Å²) in [7, 11) is -0.109. The molecule has 0 unspecified atom stereocenters. The van der Waals surface area contributed by atoms with Crippen molar-refractivity contribution < 1.29 is 36.7 Å². The smallest absolute Gasteiger partial charge is 0.264 e. The van der Waals surface area contributed by atoms with Crippen LogP contribution in [-0.2, 0) is 43.4 Å². The minimum absolute atomic E-state index is 0. The molecule has 2 saturated heterocycles. The second-order valence-corrected chi connectivity index (χ2v) is 17.0. The first kappa shape index (κ1) is 63.4. The summed E-state index contributed by atoms with van der Waals surface area (Å²) in [6.07, 6.45) is 5.18. The first-order chi connectivity index (χ1) is 34.8. The largest absolute Gasteiger partial charge is 0.491 e. The summed E-state index contributed by atoms with van der Waals surface area (Å²) in [5, 5.41) is 49.6. The molecular formula is C46H68I2N16O8S. The standard InChI is InChI=1S/C19H26N6O2.C13H20N2O2.C7H10N4O3S.C6H8N4O.CH4.I2/c1-26-12-13-27-18-4-2-17(3-5-18)24-9-6-23(7-10-24)8-11-25-19(21)16(14-20)15-22-25;1-16-10-11-17-13-4-2-12(3-5-13)15-8-6-14-7-9-15;1-15(12,13)14-3-2-11-7(9)6(4-8)5-10-11;7-3-5-4-9-10(1-2-11)6(5)8;;1-2/h2-5,15H,6-13,21H2,1H3;2-5,14H,6-11H2,1H3;5H,2-3,9H2,1H3;4,11H,1-2,8H2;1H4;. The number of ether oxygens (including phenoxy) is 4. The molecule has 3 aromatic heterocycles. The van der Waals surface area contributed by atoms with Crippen LogP contribution in [-0.4, -0.2) is 167 Å². The molecule has 0 spiro atoms. The lowest BCUT2D eigenvalue weighted by molar-refractivity contribution is 0.146. The Bertz CT molecular complexity index is 2550. The SMILES string of the molecule is C.COCCOc1ccc(N2CCN(CCn3ncc(C#N)c3N)CC2)cc1.COCCOc1ccc(N2CCNCC2)cc1.CS(=O)(=O)OCCn1ncc(C#N)c1N.II.N#Cc1cnn(CCO)c1N. The fraction of sp³-hybridized carbons (Fsp3) is 0.478. The van der Waals surface area contributed by atoms with Gasteiger partial charge < -0.3 is 56.4 Å². The fourth-order valence-electron chi connectivity index (χ4n) is 6.73. The second kappa shape index (κ2) is 35.5. The third-order valence-corrected chi connectivity index (χ3v) is 11.1. The van der Waals surface area contributed by atoms with Gasteiger partial charge >= 0.3 is 0 Å². The Kier molecular flexibility index (Phi) is 30.8. The third kappa shape index (κ3) is 22.5. The molecule has 27 heteroatoms. The molecule has 0 saturated carbocycles. The van der Waals surface area contributed by atoms with Gasteiger partial charge in [0.25, 0.3) is 10.1 Å². The van der Waals surface area contributed by atoms with Crippen LogP contribution >= 0.6 is 37.2 Å². The number of methoxy groups -OCH3 is 2. The van der Waals surface area contributed by atoms with E-state index in [-0.39, 0.29) is 38.6 Å². The van der Waals surface area contributed by atoms with E-state index in [4.69, 9.17) is 57.0 Å². The number of hydrogen-bond donors (Lipinski definition) is 5. The molecule has 2 aliphatic heterocycles. The average Bonchev–Trinajstić information content (AvgIpc) is 4.08. The number of piperazine rings is 2. The molecule has 5 heterocycles. The Hall–Kier alpha value is -5.69. The Morgan fingerprint density at radius 1 is 0.616 bits per heavy atom. The average molecular weight is 1260 g/mol. The van der Waals surface area contributed by atoms with Crippen molar-refractivity contribution >= 4 is 76.2 Å². The van der Waals surface area contributed by atoms with Crippen LogP contribution < -0.4 is 41.8 Å². The van der Waals surface area contributed by atoms with E-state index < -0.39 is 10.1 Å². The summed E-state index contributed by atoms with van der Waals surface area (Å²) in [4.78, 5) is 7.16. The molecular weight excluding hydrogens is 1190 g/mol. The van der Waals surface area contributed by atoms with Gasteiger partial charge in [-0.15, -0.1) is 0 Å². The predicted octanol–water partition coefficient (Wildman–Crippen LogP) is 3.36. The highest BCUT2D eigenvalue weighted by atomic mass is 128. The number of nitriles is 3. The second-order valence-electron chi connectivity index (χ2n) is 15.3. The highest BCUT2D eigenvalue weighted by molar-refractivity contribution is 15.0. The van der Waals surface area contributed by atoms with E-state index in [1.54, 1.807) is 18.9 Å². The monoisotopic (exact) mass is 1260 g/mol. The van der Waals surface area contributed by atoms with Gasteiger partial charge in [0.1, 0.15) is 77.1 Å². The first-order valence-corrected chi connectivity index (χ1v) is 30.5. The van der Waals surface area contributed by atoms with Crippen molar-refractivity contribution in [2.75, 3.05) is 146 Å². The van der Waals surface area contributed by atoms with Gasteiger partial charge in [-0.3, -0.25) is 9.08 Å². The van der Waals surface area contributed by atoms with Crippen molar-refractivity contribution in [2.45, 2.75) is 27.1 Å². The number of nitrogens with zero attached hydrogens (tertiary/aromatic N) is 12. The topological polar surface area (TPSA) is 325 Å². The Labute approximate surface area is 451 Å². The van der Waals surface area contributed by atoms with Gasteiger partial charge in [-0.05, 0) is 48.5 Å². The molecule has 8 N–H and O–H groups in total. The maximum Gasteiger partial charge on any atom is 0.264 e. The molecule has 2 aromatic carbocycles. The zero-order valence-electron chi connectivity index (χ0n) is 40.6. The number of aliphatic hydroxyl groups is 1. The summed E-state index contributed by atoms with van der Waals surface area (Å²) in [6.45, 7) is 12.5. The zero-order chi connectivity index (χ0) is 52.7. The van der Waals surface area contributed by atoms with E-state index in [0.29, 0.717) is 62.3 Å². The normalized spacial score (nSPS) is 13.0. The molecule has 0 amide bonds. The lowest BCUT2D eigenvalue weighted by Crippen LogP contribution is -2.47. The van der Waals surface area contributed by atoms with Crippen LogP contribution in [0.5, 0.6) is 11.5 Å². The van der Waals surface area contributed by atoms with Crippen LogP contribution in [0.15, 0.2) is 67.1 Å². The van der Waals surface area contributed by atoms with Gasteiger partial charge in [0.05, 0.1) is 70.9 Å². The number of nitrogens with one attached hydrogen (secondary N) is 1. The molecule has 73 heavy (non-hydrogen) atoms. The molecule has 2 fully saturated rings. The number of rotatable bonds is 19. The molecule has 400 valence electrons. The molecule has 2 aliphatic rings. The number of hydrogen-bond acceptors (Lipinski definition) is 21. The Morgan fingerprint density at radius 2 is 1.01 bits per heavy atom. The molecule has 0 bridgehead atoms. The molecule has 5 aromatic rings. The van der Waals surface area contributed by atoms with Crippen molar-refractivity contribution in [1.82, 2.24) is 39.6 Å². The van der Waals surface area contributed by atoms with E-state index in [9.17, 15) is 8.42 Å². The van der Waals surface area contributed by atoms with Gasteiger partial charge in [0.2, 0.25) is 0 Å². The minimum Gasteiger partial charge on any atom is -0.491 e. The van der Waals surface area contributed by atoms with E-state index in [0.717, 1.165) is 76.7 Å². The van der Waals surface area contributed by atoms with Crippen molar-refractivity contribution in [3.05, 3.63) is 83.8 Å². The first-order valence-electron chi connectivity index (χ1n) is 22.4. The Morgan fingerprint density at radius 3 is 1.38 bits per heavy atom. The van der Waals surface area contributed by atoms with Crippen molar-refractivity contribution in [3.63, 3.8) is 0 Å². The zero-order valence-corrected chi connectivity index (χ0v) is 45.8. The number of nitrogen functional groups attached to an aromatic ring is 3. The summed E-state index contributed by atoms with van der Waals surface area (Å²) in [5.41, 5.74) is 20.4. The summed E-state index contributed by atoms with van der Waals surface area (Å²) < 4.78 is 51.2. The summed E-state index contributed by atoms with van der Waals surface area (Å²) in [5.74, 6) is 2.73. The number of nitrogens with two attached hydrogens (primary N) is 3. The van der Waals surface area contributed by atoms with Gasteiger partial charge in [-0.25, -0.2) is 14.0 Å². The number of aromatic nitrogens is 6. The van der Waals surface area contributed by atoms with E-state index in [1.165, 1.54) is 39.3 Å². The van der Waals surface area contributed by atoms with E-state index in [2.05, 4.69) is 107 Å². The minimum atomic E-state index is -3.45. The predicted molar refractivity (Wildman–Crippen MR) is 298 cm³/mol. The van der Waals surface area contributed by atoms with Crippen LogP contribution in [0.1, 0.15) is 24.1 Å². The molecule has 0 atom stereocenters.